The van der Waals surface area contributed by atoms with Gasteiger partial charge in [0.05, 0.1) is 4.90 Å². The van der Waals surface area contributed by atoms with Gasteiger partial charge in [-0.15, -0.1) is 0 Å². The number of hydrogen-bond donors (Lipinski definition) is 1. The third-order valence-electron chi connectivity index (χ3n) is 3.51. The summed E-state index contributed by atoms with van der Waals surface area (Å²) in [6.07, 6.45) is 2.91. The van der Waals surface area contributed by atoms with E-state index >= 15 is 0 Å². The van der Waals surface area contributed by atoms with Crippen LogP contribution in [0.15, 0.2) is 71.8 Å². The molecule has 3 aromatic rings. The number of anilines is 1. The fraction of sp³-hybridized carbons (Fsp3) is 0.111. The van der Waals surface area contributed by atoms with Crippen molar-refractivity contribution in [3.63, 3.8) is 0 Å². The molecule has 0 atom stereocenters. The molecule has 5 nitrogen and oxygen atoms in total. The van der Waals surface area contributed by atoms with Gasteiger partial charge in [-0.1, -0.05) is 42.5 Å². The number of aromatic nitrogens is 2. The number of nitrogens with one attached hydrogen (secondary N) is 1. The number of nitrogens with zero attached hydrogens (tertiary/aromatic N) is 2. The van der Waals surface area contributed by atoms with Crippen LogP contribution in [0.25, 0.3) is 11.4 Å². The predicted molar refractivity (Wildman–Crippen MR) is 94.3 cm³/mol. The highest BCUT2D eigenvalue weighted by Crippen LogP contribution is 2.16. The minimum absolute atomic E-state index is 0.319. The zero-order valence-corrected chi connectivity index (χ0v) is 14.0. The summed E-state index contributed by atoms with van der Waals surface area (Å²) in [6.45, 7) is 0.551. The first-order valence-corrected chi connectivity index (χ1v) is 9.33. The van der Waals surface area contributed by atoms with E-state index in [1.54, 1.807) is 36.5 Å². The van der Waals surface area contributed by atoms with E-state index in [2.05, 4.69) is 15.3 Å². The second-order valence-corrected chi connectivity index (χ2v) is 7.42. The Labute approximate surface area is 141 Å². The lowest BCUT2D eigenvalue weighted by Gasteiger charge is -2.08. The van der Waals surface area contributed by atoms with Crippen molar-refractivity contribution in [3.05, 3.63) is 72.4 Å². The predicted octanol–water partition coefficient (Wildman–Crippen LogP) is 3.16. The summed E-state index contributed by atoms with van der Waals surface area (Å²) in [7, 11) is -3.16. The fourth-order valence-electron chi connectivity index (χ4n) is 2.23. The van der Waals surface area contributed by atoms with E-state index in [0.29, 0.717) is 17.3 Å². The molecule has 24 heavy (non-hydrogen) atoms. The zero-order valence-electron chi connectivity index (χ0n) is 13.2. The molecule has 1 heterocycles. The third kappa shape index (κ3) is 3.97. The summed E-state index contributed by atoms with van der Waals surface area (Å²) in [5.74, 6) is 1.38. The van der Waals surface area contributed by atoms with Gasteiger partial charge < -0.3 is 5.32 Å². The molecule has 0 spiro atoms. The van der Waals surface area contributed by atoms with Gasteiger partial charge in [-0.25, -0.2) is 18.4 Å². The Balaban J connectivity index is 1.71. The van der Waals surface area contributed by atoms with Crippen molar-refractivity contribution < 1.29 is 8.42 Å². The molecule has 0 fully saturated rings. The van der Waals surface area contributed by atoms with Gasteiger partial charge in [0.15, 0.2) is 15.7 Å². The van der Waals surface area contributed by atoms with Gasteiger partial charge in [-0.3, -0.25) is 0 Å². The van der Waals surface area contributed by atoms with Crippen molar-refractivity contribution >= 4 is 15.7 Å². The van der Waals surface area contributed by atoms with Crippen LogP contribution >= 0.6 is 0 Å². The molecule has 0 unspecified atom stereocenters. The van der Waals surface area contributed by atoms with Crippen molar-refractivity contribution in [2.24, 2.45) is 0 Å². The smallest absolute Gasteiger partial charge is 0.175 e. The van der Waals surface area contributed by atoms with Crippen LogP contribution in [0.4, 0.5) is 5.82 Å². The minimum Gasteiger partial charge on any atom is -0.366 e. The second-order valence-electron chi connectivity index (χ2n) is 5.40. The van der Waals surface area contributed by atoms with Crippen LogP contribution in [0.3, 0.4) is 0 Å². The van der Waals surface area contributed by atoms with Crippen molar-refractivity contribution in [2.75, 3.05) is 11.6 Å². The molecular formula is C18H17N3O2S. The molecule has 1 aromatic heterocycles. The molecule has 0 amide bonds. The molecule has 3 rings (SSSR count). The van der Waals surface area contributed by atoms with Crippen LogP contribution in [0.2, 0.25) is 0 Å². The Morgan fingerprint density at radius 1 is 0.958 bits per heavy atom. The summed E-state index contributed by atoms with van der Waals surface area (Å²) in [5.41, 5.74) is 1.93. The lowest BCUT2D eigenvalue weighted by atomic mass is 10.2. The molecule has 0 saturated heterocycles. The first kappa shape index (κ1) is 16.1. The Kier molecular flexibility index (Phi) is 4.57. The fourth-order valence-corrected chi connectivity index (χ4v) is 2.86. The van der Waals surface area contributed by atoms with E-state index in [9.17, 15) is 8.42 Å². The van der Waals surface area contributed by atoms with Gasteiger partial charge in [0.1, 0.15) is 5.82 Å². The highest BCUT2D eigenvalue weighted by atomic mass is 32.2. The van der Waals surface area contributed by atoms with Crippen LogP contribution in [-0.4, -0.2) is 24.6 Å². The molecule has 2 aromatic carbocycles. The molecule has 1 N–H and O–H groups in total. The lowest BCUT2D eigenvalue weighted by molar-refractivity contribution is 0.602. The maximum atomic E-state index is 11.5. The maximum absolute atomic E-state index is 11.5. The normalized spacial score (nSPS) is 11.2. The van der Waals surface area contributed by atoms with Gasteiger partial charge in [0.2, 0.25) is 0 Å². The topological polar surface area (TPSA) is 72.0 Å². The highest BCUT2D eigenvalue weighted by molar-refractivity contribution is 7.90. The van der Waals surface area contributed by atoms with E-state index in [0.717, 1.165) is 16.9 Å². The number of sulfone groups is 1. The Morgan fingerprint density at radius 3 is 2.33 bits per heavy atom. The largest absolute Gasteiger partial charge is 0.366 e. The van der Waals surface area contributed by atoms with E-state index in [1.807, 2.05) is 30.3 Å². The molecule has 0 aliphatic carbocycles. The van der Waals surface area contributed by atoms with E-state index in [-0.39, 0.29) is 0 Å². The number of benzene rings is 2. The summed E-state index contributed by atoms with van der Waals surface area (Å²) in [6, 6.07) is 18.4. The molecule has 0 saturated carbocycles. The van der Waals surface area contributed by atoms with Gasteiger partial charge in [0, 0.05) is 24.6 Å². The van der Waals surface area contributed by atoms with Crippen LogP contribution < -0.4 is 5.32 Å². The van der Waals surface area contributed by atoms with Crippen LogP contribution in [0.1, 0.15) is 5.56 Å². The average Bonchev–Trinajstić information content (AvgIpc) is 2.61. The monoisotopic (exact) mass is 339 g/mol. The third-order valence-corrected chi connectivity index (χ3v) is 4.64. The SMILES string of the molecule is CS(=O)(=O)c1ccc(CNc2ccnc(-c3ccccc3)n2)cc1. The minimum atomic E-state index is -3.16. The van der Waals surface area contributed by atoms with Gasteiger partial charge in [-0.2, -0.15) is 0 Å². The lowest BCUT2D eigenvalue weighted by Crippen LogP contribution is -2.03. The number of rotatable bonds is 5. The average molecular weight is 339 g/mol. The van der Waals surface area contributed by atoms with Gasteiger partial charge >= 0.3 is 0 Å². The Bertz CT molecular complexity index is 924. The summed E-state index contributed by atoms with van der Waals surface area (Å²) in [5, 5.41) is 3.23. The summed E-state index contributed by atoms with van der Waals surface area (Å²) < 4.78 is 22.9. The van der Waals surface area contributed by atoms with Gasteiger partial charge in [-0.05, 0) is 23.8 Å². The molecular weight excluding hydrogens is 322 g/mol. The van der Waals surface area contributed by atoms with Crippen molar-refractivity contribution in [3.8, 4) is 11.4 Å². The molecule has 0 bridgehead atoms. The molecule has 122 valence electrons. The summed E-state index contributed by atoms with van der Waals surface area (Å²) in [4.78, 5) is 9.10. The Hall–Kier alpha value is -2.73. The number of hydrogen-bond acceptors (Lipinski definition) is 5. The van der Waals surface area contributed by atoms with Crippen molar-refractivity contribution in [2.45, 2.75) is 11.4 Å². The quantitative estimate of drug-likeness (QED) is 0.773. The van der Waals surface area contributed by atoms with E-state index in [4.69, 9.17) is 0 Å². The Morgan fingerprint density at radius 2 is 1.67 bits per heavy atom. The molecule has 0 aliphatic heterocycles. The zero-order chi connectivity index (χ0) is 17.0. The van der Waals surface area contributed by atoms with Gasteiger partial charge in [0.25, 0.3) is 0 Å². The van der Waals surface area contributed by atoms with Crippen LogP contribution in [0, 0.1) is 0 Å². The van der Waals surface area contributed by atoms with Crippen molar-refractivity contribution in [1.29, 1.82) is 0 Å². The van der Waals surface area contributed by atoms with E-state index in [1.165, 1.54) is 6.26 Å². The summed E-state index contributed by atoms with van der Waals surface area (Å²) >= 11 is 0. The standard InChI is InChI=1S/C18H17N3O2S/c1-24(22,23)16-9-7-14(8-10-16)13-20-17-11-12-19-18(21-17)15-5-3-2-4-6-15/h2-12H,13H2,1H3,(H,19,20,21). The first-order valence-electron chi connectivity index (χ1n) is 7.44. The second kappa shape index (κ2) is 6.80. The molecule has 0 radical (unpaired) electrons. The van der Waals surface area contributed by atoms with E-state index < -0.39 is 9.84 Å². The van der Waals surface area contributed by atoms with Crippen molar-refractivity contribution in [1.82, 2.24) is 9.97 Å². The highest BCUT2D eigenvalue weighted by Gasteiger charge is 2.06. The molecule has 6 heteroatoms. The molecule has 0 aliphatic rings. The maximum Gasteiger partial charge on any atom is 0.175 e. The van der Waals surface area contributed by atoms with Crippen LogP contribution in [0.5, 0.6) is 0 Å². The first-order chi connectivity index (χ1) is 11.5. The van der Waals surface area contributed by atoms with Crippen LogP contribution in [-0.2, 0) is 16.4 Å².